The summed E-state index contributed by atoms with van der Waals surface area (Å²) in [5, 5.41) is 3.33. The molecule has 1 atom stereocenters. The smallest absolute Gasteiger partial charge is 0.230 e. The fraction of sp³-hybridized carbons (Fsp3) is 0.643. The van der Waals surface area contributed by atoms with Crippen LogP contribution < -0.4 is 5.32 Å². The van der Waals surface area contributed by atoms with E-state index < -0.39 is 0 Å². The molecule has 5 heteroatoms. The Morgan fingerprint density at radius 1 is 1.58 bits per heavy atom. The van der Waals surface area contributed by atoms with Crippen molar-refractivity contribution in [3.63, 3.8) is 0 Å². The highest BCUT2D eigenvalue weighted by Crippen LogP contribution is 2.28. The van der Waals surface area contributed by atoms with Crippen LogP contribution in [0.1, 0.15) is 32.3 Å². The first-order valence-corrected chi connectivity index (χ1v) is 6.67. The second kappa shape index (κ2) is 6.96. The third kappa shape index (κ3) is 3.74. The fourth-order valence-corrected chi connectivity index (χ4v) is 2.55. The highest BCUT2D eigenvalue weighted by molar-refractivity contribution is 5.85. The van der Waals surface area contributed by atoms with Crippen LogP contribution in [0.3, 0.4) is 0 Å². The number of hydrogen-bond acceptors (Lipinski definition) is 3. The Morgan fingerprint density at radius 3 is 2.89 bits per heavy atom. The zero-order chi connectivity index (χ0) is 13.0. The van der Waals surface area contributed by atoms with E-state index >= 15 is 0 Å². The van der Waals surface area contributed by atoms with Crippen molar-refractivity contribution in [1.82, 2.24) is 10.2 Å². The van der Waals surface area contributed by atoms with Crippen molar-refractivity contribution in [2.24, 2.45) is 5.41 Å². The highest BCUT2D eigenvalue weighted by atomic mass is 35.5. The number of carbonyl (C=O) groups excluding carboxylic acids is 1. The number of amides is 1. The largest absolute Gasteiger partial charge is 0.472 e. The van der Waals surface area contributed by atoms with Gasteiger partial charge in [0, 0.05) is 25.2 Å². The van der Waals surface area contributed by atoms with Gasteiger partial charge in [-0.15, -0.1) is 12.4 Å². The molecule has 0 aliphatic carbocycles. The lowest BCUT2D eigenvalue weighted by Gasteiger charge is -2.37. The zero-order valence-corrected chi connectivity index (χ0v) is 12.5. The predicted molar refractivity (Wildman–Crippen MR) is 77.3 cm³/mol. The number of nitrogens with zero attached hydrogens (tertiary/aromatic N) is 1. The standard InChI is InChI=1S/C14H22N2O2.ClH/c1-3-16(9-12-5-8-18-10-12)13(17)14(2)6-4-7-15-11-14;/h5,8,10,15H,3-4,6-7,9,11H2,1-2H3;1H. The van der Waals surface area contributed by atoms with Crippen LogP contribution in [0.4, 0.5) is 0 Å². The lowest BCUT2D eigenvalue weighted by molar-refractivity contribution is -0.142. The molecule has 1 aliphatic heterocycles. The molecule has 0 radical (unpaired) electrons. The minimum absolute atomic E-state index is 0. The SMILES string of the molecule is CCN(Cc1ccoc1)C(=O)C1(C)CCCNC1.Cl. The number of carbonyl (C=O) groups is 1. The van der Waals surface area contributed by atoms with Gasteiger partial charge in [-0.1, -0.05) is 0 Å². The van der Waals surface area contributed by atoms with Crippen molar-refractivity contribution in [2.75, 3.05) is 19.6 Å². The number of hydrogen-bond donors (Lipinski definition) is 1. The van der Waals surface area contributed by atoms with Crippen molar-refractivity contribution in [2.45, 2.75) is 33.2 Å². The third-order valence-corrected chi connectivity index (χ3v) is 3.74. The van der Waals surface area contributed by atoms with E-state index in [1.54, 1.807) is 12.5 Å². The van der Waals surface area contributed by atoms with Crippen LogP contribution in [0.2, 0.25) is 0 Å². The van der Waals surface area contributed by atoms with Crippen LogP contribution in [-0.2, 0) is 11.3 Å². The van der Waals surface area contributed by atoms with Gasteiger partial charge in [-0.05, 0) is 39.3 Å². The Balaban J connectivity index is 0.00000180. The number of furan rings is 1. The Morgan fingerprint density at radius 2 is 2.37 bits per heavy atom. The maximum Gasteiger partial charge on any atom is 0.230 e. The topological polar surface area (TPSA) is 45.5 Å². The van der Waals surface area contributed by atoms with Crippen molar-refractivity contribution >= 4 is 18.3 Å². The Bertz CT molecular complexity index is 386. The molecule has 0 aromatic carbocycles. The number of nitrogens with one attached hydrogen (secondary N) is 1. The molecule has 1 saturated heterocycles. The molecule has 1 aromatic rings. The molecule has 2 heterocycles. The van der Waals surface area contributed by atoms with E-state index in [0.29, 0.717) is 6.54 Å². The molecule has 0 bridgehead atoms. The van der Waals surface area contributed by atoms with Crippen LogP contribution in [0, 0.1) is 5.41 Å². The molecule has 1 aliphatic rings. The van der Waals surface area contributed by atoms with Crippen LogP contribution in [0.5, 0.6) is 0 Å². The molecule has 1 amide bonds. The highest BCUT2D eigenvalue weighted by Gasteiger charge is 2.37. The van der Waals surface area contributed by atoms with E-state index in [1.807, 2.05) is 17.9 Å². The minimum Gasteiger partial charge on any atom is -0.472 e. The van der Waals surface area contributed by atoms with Crippen molar-refractivity contribution < 1.29 is 9.21 Å². The first-order chi connectivity index (χ1) is 8.65. The van der Waals surface area contributed by atoms with Crippen molar-refractivity contribution in [3.8, 4) is 0 Å². The first-order valence-electron chi connectivity index (χ1n) is 6.67. The molecule has 1 fully saturated rings. The molecular weight excluding hydrogens is 264 g/mol. The van der Waals surface area contributed by atoms with Crippen LogP contribution >= 0.6 is 12.4 Å². The van der Waals surface area contributed by atoms with Gasteiger partial charge >= 0.3 is 0 Å². The minimum atomic E-state index is -0.252. The average Bonchev–Trinajstić information content (AvgIpc) is 2.89. The van der Waals surface area contributed by atoms with E-state index in [9.17, 15) is 4.79 Å². The van der Waals surface area contributed by atoms with Gasteiger partial charge in [0.1, 0.15) is 0 Å². The van der Waals surface area contributed by atoms with Gasteiger partial charge in [0.15, 0.2) is 0 Å². The lowest BCUT2D eigenvalue weighted by Crippen LogP contribution is -2.50. The van der Waals surface area contributed by atoms with Crippen LogP contribution in [-0.4, -0.2) is 30.4 Å². The van der Waals surface area contributed by atoms with Gasteiger partial charge in [0.25, 0.3) is 0 Å². The number of halogens is 1. The molecule has 19 heavy (non-hydrogen) atoms. The summed E-state index contributed by atoms with van der Waals surface area (Å²) in [6.45, 7) is 7.28. The molecule has 108 valence electrons. The molecule has 1 N–H and O–H groups in total. The zero-order valence-electron chi connectivity index (χ0n) is 11.6. The summed E-state index contributed by atoms with van der Waals surface area (Å²) in [7, 11) is 0. The van der Waals surface area contributed by atoms with Gasteiger partial charge in [0.05, 0.1) is 17.9 Å². The van der Waals surface area contributed by atoms with E-state index in [0.717, 1.165) is 38.0 Å². The molecule has 1 unspecified atom stereocenters. The molecule has 0 saturated carbocycles. The quantitative estimate of drug-likeness (QED) is 0.925. The van der Waals surface area contributed by atoms with E-state index in [1.165, 1.54) is 0 Å². The maximum absolute atomic E-state index is 12.6. The number of piperidine rings is 1. The third-order valence-electron chi connectivity index (χ3n) is 3.74. The Hall–Kier alpha value is -1.00. The second-order valence-corrected chi connectivity index (χ2v) is 5.29. The van der Waals surface area contributed by atoms with Crippen molar-refractivity contribution in [1.29, 1.82) is 0 Å². The summed E-state index contributed by atoms with van der Waals surface area (Å²) in [6, 6.07) is 1.91. The van der Waals surface area contributed by atoms with E-state index in [-0.39, 0.29) is 23.7 Å². The average molecular weight is 287 g/mol. The van der Waals surface area contributed by atoms with Crippen LogP contribution in [0.15, 0.2) is 23.0 Å². The Labute approximate surface area is 120 Å². The van der Waals surface area contributed by atoms with Gasteiger partial charge in [-0.2, -0.15) is 0 Å². The summed E-state index contributed by atoms with van der Waals surface area (Å²) < 4.78 is 5.06. The molecule has 2 rings (SSSR count). The monoisotopic (exact) mass is 286 g/mol. The maximum atomic E-state index is 12.6. The van der Waals surface area contributed by atoms with Crippen LogP contribution in [0.25, 0.3) is 0 Å². The molecule has 0 spiro atoms. The molecule has 1 aromatic heterocycles. The summed E-state index contributed by atoms with van der Waals surface area (Å²) in [5.41, 5.74) is 0.801. The first kappa shape index (κ1) is 16.1. The van der Waals surface area contributed by atoms with Gasteiger partial charge in [-0.3, -0.25) is 4.79 Å². The Kier molecular flexibility index (Phi) is 5.88. The summed E-state index contributed by atoms with van der Waals surface area (Å²) >= 11 is 0. The van der Waals surface area contributed by atoms with E-state index in [2.05, 4.69) is 12.2 Å². The fourth-order valence-electron chi connectivity index (χ4n) is 2.55. The van der Waals surface area contributed by atoms with Crippen molar-refractivity contribution in [3.05, 3.63) is 24.2 Å². The van der Waals surface area contributed by atoms with Gasteiger partial charge < -0.3 is 14.6 Å². The van der Waals surface area contributed by atoms with Gasteiger partial charge in [0.2, 0.25) is 5.91 Å². The summed E-state index contributed by atoms with van der Waals surface area (Å²) in [5.74, 6) is 0.249. The molecular formula is C14H23ClN2O2. The van der Waals surface area contributed by atoms with E-state index in [4.69, 9.17) is 4.42 Å². The summed E-state index contributed by atoms with van der Waals surface area (Å²) in [6.07, 6.45) is 5.40. The molecule has 4 nitrogen and oxygen atoms in total. The number of rotatable bonds is 4. The lowest BCUT2D eigenvalue weighted by atomic mass is 9.81. The predicted octanol–water partition coefficient (Wildman–Crippen LogP) is 2.44. The second-order valence-electron chi connectivity index (χ2n) is 5.29. The van der Waals surface area contributed by atoms with Gasteiger partial charge in [-0.25, -0.2) is 0 Å². The summed E-state index contributed by atoms with van der Waals surface area (Å²) in [4.78, 5) is 14.5. The normalized spacial score (nSPS) is 22.6.